The predicted octanol–water partition coefficient (Wildman–Crippen LogP) is 3.06. The van der Waals surface area contributed by atoms with Crippen molar-refractivity contribution in [1.82, 2.24) is 4.90 Å². The van der Waals surface area contributed by atoms with Crippen LogP contribution in [0.15, 0.2) is 18.2 Å². The van der Waals surface area contributed by atoms with Gasteiger partial charge in [0.05, 0.1) is 11.6 Å². The van der Waals surface area contributed by atoms with Gasteiger partial charge in [-0.1, -0.05) is 0 Å². The average Bonchev–Trinajstić information content (AvgIpc) is 2.34. The Balaban J connectivity index is 2.77. The van der Waals surface area contributed by atoms with Crippen LogP contribution in [0, 0.1) is 11.3 Å². The second-order valence-electron chi connectivity index (χ2n) is 6.14. The van der Waals surface area contributed by atoms with Crippen LogP contribution in [0.3, 0.4) is 0 Å². The Morgan fingerprint density at radius 2 is 2.05 bits per heavy atom. The minimum Gasteiger partial charge on any atom is -0.508 e. The van der Waals surface area contributed by atoms with Crippen molar-refractivity contribution in [2.45, 2.75) is 45.8 Å². The lowest BCUT2D eigenvalue weighted by atomic mass is 10.0. The summed E-state index contributed by atoms with van der Waals surface area (Å²) >= 11 is 0. The highest BCUT2D eigenvalue weighted by molar-refractivity contribution is 5.68. The van der Waals surface area contributed by atoms with Crippen LogP contribution in [-0.2, 0) is 11.2 Å². The van der Waals surface area contributed by atoms with Gasteiger partial charge < -0.3 is 14.7 Å². The topological polar surface area (TPSA) is 73.6 Å². The van der Waals surface area contributed by atoms with E-state index in [1.54, 1.807) is 19.2 Å². The van der Waals surface area contributed by atoms with Crippen LogP contribution in [0.2, 0.25) is 0 Å². The first-order chi connectivity index (χ1) is 9.62. The molecule has 1 unspecified atom stereocenters. The zero-order valence-corrected chi connectivity index (χ0v) is 13.2. The SMILES string of the molecule is CC(Cc1cc(O)cc(C#N)c1)N(C)C(=O)OC(C)(C)C. The standard InChI is InChI=1S/C16H22N2O3/c1-11(18(5)15(20)21-16(2,3)4)6-12-7-13(10-17)9-14(19)8-12/h7-9,11,19H,6H2,1-5H3. The molecular formula is C16H22N2O3. The number of rotatable bonds is 3. The van der Waals surface area contributed by atoms with Crippen molar-refractivity contribution in [3.8, 4) is 11.8 Å². The van der Waals surface area contributed by atoms with Crippen molar-refractivity contribution in [2.75, 3.05) is 7.05 Å². The Morgan fingerprint density at radius 3 is 2.57 bits per heavy atom. The van der Waals surface area contributed by atoms with Crippen LogP contribution in [0.5, 0.6) is 5.75 Å². The second-order valence-corrected chi connectivity index (χ2v) is 6.14. The first kappa shape index (κ1) is 16.8. The number of phenolic OH excluding ortho intramolecular Hbond substituents is 1. The maximum Gasteiger partial charge on any atom is 0.410 e. The minimum absolute atomic E-state index is 0.0520. The van der Waals surface area contributed by atoms with Gasteiger partial charge in [-0.05, 0) is 57.9 Å². The molecular weight excluding hydrogens is 268 g/mol. The van der Waals surface area contributed by atoms with E-state index in [2.05, 4.69) is 0 Å². The highest BCUT2D eigenvalue weighted by Crippen LogP contribution is 2.18. The van der Waals surface area contributed by atoms with Crippen LogP contribution in [0.4, 0.5) is 4.79 Å². The van der Waals surface area contributed by atoms with E-state index < -0.39 is 11.7 Å². The fourth-order valence-corrected chi connectivity index (χ4v) is 1.85. The largest absolute Gasteiger partial charge is 0.508 e. The highest BCUT2D eigenvalue weighted by Gasteiger charge is 2.23. The summed E-state index contributed by atoms with van der Waals surface area (Å²) in [6.07, 6.45) is 0.134. The summed E-state index contributed by atoms with van der Waals surface area (Å²) in [5.74, 6) is 0.0520. The number of aromatic hydroxyl groups is 1. The maximum absolute atomic E-state index is 12.0. The van der Waals surface area contributed by atoms with Crippen LogP contribution >= 0.6 is 0 Å². The fourth-order valence-electron chi connectivity index (χ4n) is 1.85. The van der Waals surface area contributed by atoms with Crippen molar-refractivity contribution in [3.05, 3.63) is 29.3 Å². The number of hydrogen-bond acceptors (Lipinski definition) is 4. The number of hydrogen-bond donors (Lipinski definition) is 1. The monoisotopic (exact) mass is 290 g/mol. The average molecular weight is 290 g/mol. The summed E-state index contributed by atoms with van der Waals surface area (Å²) in [6, 6.07) is 6.60. The summed E-state index contributed by atoms with van der Waals surface area (Å²) in [6.45, 7) is 7.34. The van der Waals surface area contributed by atoms with Crippen molar-refractivity contribution in [3.63, 3.8) is 0 Å². The molecule has 0 saturated carbocycles. The third kappa shape index (κ3) is 5.35. The molecule has 0 fully saturated rings. The Kier molecular flexibility index (Phi) is 5.20. The molecule has 1 atom stereocenters. The van der Waals surface area contributed by atoms with E-state index in [-0.39, 0.29) is 11.8 Å². The molecule has 0 spiro atoms. The quantitative estimate of drug-likeness (QED) is 0.928. The van der Waals surface area contributed by atoms with Gasteiger partial charge >= 0.3 is 6.09 Å². The van der Waals surface area contributed by atoms with E-state index >= 15 is 0 Å². The van der Waals surface area contributed by atoms with E-state index in [9.17, 15) is 9.90 Å². The zero-order valence-electron chi connectivity index (χ0n) is 13.2. The van der Waals surface area contributed by atoms with E-state index in [0.29, 0.717) is 12.0 Å². The van der Waals surface area contributed by atoms with Crippen LogP contribution < -0.4 is 0 Å². The molecule has 5 heteroatoms. The zero-order chi connectivity index (χ0) is 16.2. The smallest absolute Gasteiger partial charge is 0.410 e. The molecule has 0 bridgehead atoms. The lowest BCUT2D eigenvalue weighted by Gasteiger charge is -2.28. The van der Waals surface area contributed by atoms with Crippen LogP contribution in [0.25, 0.3) is 0 Å². The number of carbonyl (C=O) groups excluding carboxylic acids is 1. The van der Waals surface area contributed by atoms with E-state index in [1.165, 1.54) is 11.0 Å². The fraction of sp³-hybridized carbons (Fsp3) is 0.500. The molecule has 0 aliphatic carbocycles. The summed E-state index contributed by atoms with van der Waals surface area (Å²) in [5, 5.41) is 18.5. The first-order valence-corrected chi connectivity index (χ1v) is 6.81. The maximum atomic E-state index is 12.0. The van der Waals surface area contributed by atoms with Gasteiger partial charge in [0.1, 0.15) is 11.4 Å². The van der Waals surface area contributed by atoms with Crippen molar-refractivity contribution in [2.24, 2.45) is 0 Å². The number of nitrogens with zero attached hydrogens (tertiary/aromatic N) is 2. The number of ether oxygens (including phenoxy) is 1. The molecule has 1 amide bonds. The second kappa shape index (κ2) is 6.49. The Bertz CT molecular complexity index is 556. The van der Waals surface area contributed by atoms with Crippen LogP contribution in [-0.4, -0.2) is 34.8 Å². The normalized spacial score (nSPS) is 12.4. The summed E-state index contributed by atoms with van der Waals surface area (Å²) in [4.78, 5) is 13.5. The molecule has 1 aromatic rings. The molecule has 0 aromatic heterocycles. The number of benzene rings is 1. The van der Waals surface area contributed by atoms with Crippen molar-refractivity contribution < 1.29 is 14.6 Å². The van der Waals surface area contributed by atoms with Gasteiger partial charge in [0.25, 0.3) is 0 Å². The summed E-state index contributed by atoms with van der Waals surface area (Å²) < 4.78 is 5.31. The number of nitriles is 1. The molecule has 1 aromatic carbocycles. The summed E-state index contributed by atoms with van der Waals surface area (Å²) in [7, 11) is 1.67. The van der Waals surface area contributed by atoms with Gasteiger partial charge in [-0.3, -0.25) is 0 Å². The molecule has 0 heterocycles. The third-order valence-electron chi connectivity index (χ3n) is 2.98. The molecule has 0 radical (unpaired) electrons. The van der Waals surface area contributed by atoms with Crippen LogP contribution in [0.1, 0.15) is 38.8 Å². The lowest BCUT2D eigenvalue weighted by molar-refractivity contribution is 0.0236. The van der Waals surface area contributed by atoms with Gasteiger partial charge in [-0.2, -0.15) is 5.26 Å². The van der Waals surface area contributed by atoms with Gasteiger partial charge in [-0.15, -0.1) is 0 Å². The number of phenols is 1. The molecule has 1 N–H and O–H groups in total. The number of amides is 1. The van der Waals surface area contributed by atoms with Gasteiger partial charge in [0, 0.05) is 13.1 Å². The number of likely N-dealkylation sites (N-methyl/N-ethyl adjacent to an activating group) is 1. The molecule has 0 aliphatic heterocycles. The Labute approximate surface area is 125 Å². The predicted molar refractivity (Wildman–Crippen MR) is 80.0 cm³/mol. The van der Waals surface area contributed by atoms with Gasteiger partial charge in [0.2, 0.25) is 0 Å². The van der Waals surface area contributed by atoms with Gasteiger partial charge in [-0.25, -0.2) is 4.79 Å². The molecule has 114 valence electrons. The lowest BCUT2D eigenvalue weighted by Crippen LogP contribution is -2.40. The summed E-state index contributed by atoms with van der Waals surface area (Å²) in [5.41, 5.74) is 0.663. The Hall–Kier alpha value is -2.22. The van der Waals surface area contributed by atoms with E-state index in [1.807, 2.05) is 33.8 Å². The first-order valence-electron chi connectivity index (χ1n) is 6.81. The molecule has 0 aliphatic rings. The Morgan fingerprint density at radius 1 is 1.43 bits per heavy atom. The number of carbonyl (C=O) groups is 1. The minimum atomic E-state index is -0.538. The van der Waals surface area contributed by atoms with E-state index in [4.69, 9.17) is 10.00 Å². The van der Waals surface area contributed by atoms with E-state index in [0.717, 1.165) is 5.56 Å². The molecule has 21 heavy (non-hydrogen) atoms. The third-order valence-corrected chi connectivity index (χ3v) is 2.98. The molecule has 0 saturated heterocycles. The van der Waals surface area contributed by atoms with Crippen molar-refractivity contribution >= 4 is 6.09 Å². The van der Waals surface area contributed by atoms with Crippen molar-refractivity contribution in [1.29, 1.82) is 5.26 Å². The molecule has 5 nitrogen and oxygen atoms in total. The highest BCUT2D eigenvalue weighted by atomic mass is 16.6. The van der Waals surface area contributed by atoms with Gasteiger partial charge in [0.15, 0.2) is 0 Å². The molecule has 1 rings (SSSR count).